The van der Waals surface area contributed by atoms with Crippen LogP contribution in [0.5, 0.6) is 0 Å². The third kappa shape index (κ3) is 7.58. The van der Waals surface area contributed by atoms with Crippen LogP contribution < -0.4 is 9.62 Å². The molecule has 2 aromatic carbocycles. The minimum absolute atomic E-state index is 0.134. The van der Waals surface area contributed by atoms with Crippen LogP contribution in [0.4, 0.5) is 5.69 Å². The van der Waals surface area contributed by atoms with Crippen LogP contribution in [0.3, 0.4) is 0 Å². The number of anilines is 1. The average Bonchev–Trinajstić information content (AvgIpc) is 2.79. The second-order valence-corrected chi connectivity index (χ2v) is 10.5. The first-order chi connectivity index (χ1) is 16.1. The number of sulfonamides is 1. The lowest BCUT2D eigenvalue weighted by Gasteiger charge is -2.30. The van der Waals surface area contributed by atoms with Crippen LogP contribution in [-0.4, -0.2) is 50.5 Å². The molecule has 0 aliphatic heterocycles. The van der Waals surface area contributed by atoms with Gasteiger partial charge in [0, 0.05) is 26.1 Å². The van der Waals surface area contributed by atoms with Crippen LogP contribution in [0.25, 0.3) is 0 Å². The summed E-state index contributed by atoms with van der Waals surface area (Å²) in [6.07, 6.45) is 2.46. The van der Waals surface area contributed by atoms with Crippen LogP contribution in [0.15, 0.2) is 48.5 Å². The Balaban J connectivity index is 2.17. The number of benzene rings is 2. The zero-order valence-corrected chi connectivity index (χ0v) is 21.7. The molecule has 0 aliphatic carbocycles. The Bertz CT molecular complexity index is 1080. The number of amides is 2. The first kappa shape index (κ1) is 27.4. The van der Waals surface area contributed by atoms with Crippen molar-refractivity contribution in [2.45, 2.75) is 59.5 Å². The van der Waals surface area contributed by atoms with Gasteiger partial charge in [-0.05, 0) is 56.4 Å². The molecule has 1 N–H and O–H groups in total. The van der Waals surface area contributed by atoms with Gasteiger partial charge in [-0.2, -0.15) is 0 Å². The van der Waals surface area contributed by atoms with Crippen molar-refractivity contribution < 1.29 is 18.0 Å². The summed E-state index contributed by atoms with van der Waals surface area (Å²) in [6, 6.07) is 14.4. The van der Waals surface area contributed by atoms with E-state index < -0.39 is 16.1 Å². The number of carbonyl (C=O) groups excluding carboxylic acids is 2. The minimum atomic E-state index is -3.51. The van der Waals surface area contributed by atoms with Crippen LogP contribution in [0.1, 0.15) is 49.8 Å². The van der Waals surface area contributed by atoms with E-state index in [-0.39, 0.29) is 24.8 Å². The van der Waals surface area contributed by atoms with Gasteiger partial charge in [0.1, 0.15) is 6.04 Å². The van der Waals surface area contributed by atoms with Gasteiger partial charge in [0.25, 0.3) is 0 Å². The molecule has 0 aliphatic rings. The van der Waals surface area contributed by atoms with Crippen LogP contribution >= 0.6 is 0 Å². The van der Waals surface area contributed by atoms with Gasteiger partial charge in [0.15, 0.2) is 0 Å². The van der Waals surface area contributed by atoms with Crippen molar-refractivity contribution in [2.24, 2.45) is 0 Å². The predicted molar refractivity (Wildman–Crippen MR) is 137 cm³/mol. The van der Waals surface area contributed by atoms with Gasteiger partial charge in [-0.15, -0.1) is 0 Å². The van der Waals surface area contributed by atoms with E-state index in [9.17, 15) is 18.0 Å². The molecule has 8 heteroatoms. The Hall–Kier alpha value is -2.87. The number of hydrogen-bond donors (Lipinski definition) is 1. The summed E-state index contributed by atoms with van der Waals surface area (Å²) in [5, 5.41) is 2.87. The molecule has 0 saturated heterocycles. The van der Waals surface area contributed by atoms with Crippen molar-refractivity contribution >= 4 is 27.5 Å². The Morgan fingerprint density at radius 1 is 1.00 bits per heavy atom. The van der Waals surface area contributed by atoms with E-state index in [1.807, 2.05) is 57.2 Å². The van der Waals surface area contributed by atoms with E-state index in [0.717, 1.165) is 23.1 Å². The molecule has 0 radical (unpaired) electrons. The maximum Gasteiger partial charge on any atom is 0.242 e. The van der Waals surface area contributed by atoms with Gasteiger partial charge in [-0.3, -0.25) is 13.9 Å². The number of rotatable bonds is 12. The minimum Gasteiger partial charge on any atom is -0.354 e. The van der Waals surface area contributed by atoms with E-state index >= 15 is 0 Å². The molecule has 0 saturated carbocycles. The maximum absolute atomic E-state index is 13.3. The summed E-state index contributed by atoms with van der Waals surface area (Å²) in [5.41, 5.74) is 3.48. The van der Waals surface area contributed by atoms with Crippen LogP contribution in [0.2, 0.25) is 0 Å². The lowest BCUT2D eigenvalue weighted by atomic mass is 10.1. The molecule has 34 heavy (non-hydrogen) atoms. The van der Waals surface area contributed by atoms with Gasteiger partial charge in [-0.25, -0.2) is 8.42 Å². The standard InChI is InChI=1S/C26H37N3O4S/c1-6-17-27-26(31)22(4)28(19-23-14-9-7-12-20(23)2)25(30)16-11-18-29(34(5,32)33)24-15-10-8-13-21(24)3/h7-10,12-15,22H,6,11,16-19H2,1-5H3,(H,27,31)/t22-/m0/s1. The second kappa shape index (κ2) is 12.6. The van der Waals surface area contributed by atoms with E-state index in [4.69, 9.17) is 0 Å². The lowest BCUT2D eigenvalue weighted by Crippen LogP contribution is -2.48. The lowest BCUT2D eigenvalue weighted by molar-refractivity contribution is -0.140. The summed E-state index contributed by atoms with van der Waals surface area (Å²) in [5.74, 6) is -0.373. The zero-order valence-electron chi connectivity index (χ0n) is 20.9. The summed E-state index contributed by atoms with van der Waals surface area (Å²) < 4.78 is 26.2. The summed E-state index contributed by atoms with van der Waals surface area (Å²) in [4.78, 5) is 27.5. The van der Waals surface area contributed by atoms with Gasteiger partial charge >= 0.3 is 0 Å². The molecule has 186 valence electrons. The molecular formula is C26H37N3O4S. The molecule has 0 aromatic heterocycles. The third-order valence-electron chi connectivity index (χ3n) is 5.85. The largest absolute Gasteiger partial charge is 0.354 e. The SMILES string of the molecule is CCCNC(=O)[C@H](C)N(Cc1ccccc1C)C(=O)CCCN(c1ccccc1C)S(C)(=O)=O. The summed E-state index contributed by atoms with van der Waals surface area (Å²) in [6.45, 7) is 8.60. The molecule has 0 heterocycles. The topological polar surface area (TPSA) is 86.8 Å². The molecule has 2 rings (SSSR count). The highest BCUT2D eigenvalue weighted by Gasteiger charge is 2.27. The van der Waals surface area contributed by atoms with Crippen molar-refractivity contribution in [1.29, 1.82) is 0 Å². The fraction of sp³-hybridized carbons (Fsp3) is 0.462. The molecule has 0 bridgehead atoms. The zero-order chi connectivity index (χ0) is 25.3. The smallest absolute Gasteiger partial charge is 0.242 e. The normalized spacial score (nSPS) is 12.1. The quantitative estimate of drug-likeness (QED) is 0.493. The number of para-hydroxylation sites is 1. The number of carbonyl (C=O) groups is 2. The molecular weight excluding hydrogens is 450 g/mol. The van der Waals surface area contributed by atoms with Gasteiger partial charge < -0.3 is 10.2 Å². The maximum atomic E-state index is 13.3. The first-order valence-corrected chi connectivity index (χ1v) is 13.6. The second-order valence-electron chi connectivity index (χ2n) is 8.64. The highest BCUT2D eigenvalue weighted by molar-refractivity contribution is 7.92. The Morgan fingerprint density at radius 3 is 2.21 bits per heavy atom. The number of nitrogens with one attached hydrogen (secondary N) is 1. The highest BCUT2D eigenvalue weighted by atomic mass is 32.2. The van der Waals surface area contributed by atoms with Crippen LogP contribution in [-0.2, 0) is 26.2 Å². The fourth-order valence-corrected chi connectivity index (χ4v) is 4.80. The van der Waals surface area contributed by atoms with Crippen molar-refractivity contribution in [3.63, 3.8) is 0 Å². The average molecular weight is 488 g/mol. The predicted octanol–water partition coefficient (Wildman–Crippen LogP) is 3.79. The molecule has 2 amide bonds. The van der Waals surface area contributed by atoms with Crippen molar-refractivity contribution in [1.82, 2.24) is 10.2 Å². The third-order valence-corrected chi connectivity index (χ3v) is 7.03. The van der Waals surface area contributed by atoms with E-state index in [1.54, 1.807) is 24.0 Å². The van der Waals surface area contributed by atoms with E-state index in [0.29, 0.717) is 25.2 Å². The fourth-order valence-electron chi connectivity index (χ4n) is 3.78. The monoisotopic (exact) mass is 487 g/mol. The Labute approximate surface area is 204 Å². The molecule has 0 unspecified atom stereocenters. The summed E-state index contributed by atoms with van der Waals surface area (Å²) in [7, 11) is -3.51. The van der Waals surface area contributed by atoms with Crippen molar-refractivity contribution in [3.05, 3.63) is 65.2 Å². The summed E-state index contributed by atoms with van der Waals surface area (Å²) >= 11 is 0. The molecule has 2 aromatic rings. The Kier molecular flexibility index (Phi) is 10.1. The highest BCUT2D eigenvalue weighted by Crippen LogP contribution is 2.23. The number of aryl methyl sites for hydroxylation is 2. The van der Waals surface area contributed by atoms with Gasteiger partial charge in [0.05, 0.1) is 11.9 Å². The van der Waals surface area contributed by atoms with Crippen LogP contribution in [0, 0.1) is 13.8 Å². The Morgan fingerprint density at radius 2 is 1.62 bits per heavy atom. The number of hydrogen-bond acceptors (Lipinski definition) is 4. The van der Waals surface area contributed by atoms with E-state index in [1.165, 1.54) is 10.6 Å². The van der Waals surface area contributed by atoms with Gasteiger partial charge in [0.2, 0.25) is 21.8 Å². The van der Waals surface area contributed by atoms with Gasteiger partial charge in [-0.1, -0.05) is 49.4 Å². The molecule has 0 fully saturated rings. The molecule has 7 nitrogen and oxygen atoms in total. The van der Waals surface area contributed by atoms with Crippen molar-refractivity contribution in [2.75, 3.05) is 23.7 Å². The molecule has 1 atom stereocenters. The first-order valence-electron chi connectivity index (χ1n) is 11.7. The van der Waals surface area contributed by atoms with E-state index in [2.05, 4.69) is 5.32 Å². The van der Waals surface area contributed by atoms with Crippen molar-refractivity contribution in [3.8, 4) is 0 Å². The molecule has 0 spiro atoms. The number of nitrogens with zero attached hydrogens (tertiary/aromatic N) is 2.